The quantitative estimate of drug-likeness (QED) is 0.425. The summed E-state index contributed by atoms with van der Waals surface area (Å²) < 4.78 is 0. The van der Waals surface area contributed by atoms with Crippen LogP contribution < -0.4 is 24.0 Å². The second-order valence-corrected chi connectivity index (χ2v) is 2.20. The zero-order valence-corrected chi connectivity index (χ0v) is 7.15. The van der Waals surface area contributed by atoms with Crippen LogP contribution in [0.4, 0.5) is 0 Å². The Labute approximate surface area is 87.4 Å². The number of carboxylic acid groups (broad SMARTS) is 1. The molecule has 0 aliphatic heterocycles. The van der Waals surface area contributed by atoms with Gasteiger partial charge in [-0.1, -0.05) is 0 Å². The van der Waals surface area contributed by atoms with E-state index in [1.807, 2.05) is 6.07 Å². The van der Waals surface area contributed by atoms with Gasteiger partial charge < -0.3 is 9.90 Å². The molecule has 0 N–H and O–H groups in total. The third-order valence-electron chi connectivity index (χ3n) is 1.28. The Kier molecular flexibility index (Phi) is 4.84. The van der Waals surface area contributed by atoms with Crippen molar-refractivity contribution in [3.05, 3.63) is 29.6 Å². The van der Waals surface area contributed by atoms with Crippen molar-refractivity contribution in [1.29, 1.82) is 5.26 Å². The van der Waals surface area contributed by atoms with Crippen LogP contribution in [0.3, 0.4) is 0 Å². The van der Waals surface area contributed by atoms with Crippen molar-refractivity contribution in [2.75, 3.05) is 0 Å². The van der Waals surface area contributed by atoms with Crippen molar-refractivity contribution < 1.29 is 28.8 Å². The van der Waals surface area contributed by atoms with Crippen LogP contribution in [0, 0.1) is 11.3 Å². The van der Waals surface area contributed by atoms with Crippen molar-refractivity contribution in [2.24, 2.45) is 0 Å². The Bertz CT molecular complexity index is 329. The van der Waals surface area contributed by atoms with Gasteiger partial charge in [0.05, 0.1) is 5.56 Å². The zero-order valence-electron chi connectivity index (χ0n) is 7.15. The second-order valence-electron chi connectivity index (χ2n) is 2.20. The van der Waals surface area contributed by atoms with Gasteiger partial charge in [-0.15, -0.1) is 0 Å². The molecule has 0 fully saturated rings. The summed E-state index contributed by atoms with van der Waals surface area (Å²) in [5.74, 6) is -1.17. The van der Waals surface area contributed by atoms with Gasteiger partial charge in [0.25, 0.3) is 0 Å². The monoisotopic (exact) mass is 168 g/mol. The summed E-state index contributed by atoms with van der Waals surface area (Å²) >= 11 is 0. The Morgan fingerprint density at radius 2 is 2.31 bits per heavy atom. The first-order valence-electron chi connectivity index (χ1n) is 3.27. The molecule has 0 aliphatic carbocycles. The minimum absolute atomic E-state index is 0. The molecule has 1 aromatic rings. The van der Waals surface area contributed by atoms with E-state index in [-0.39, 0.29) is 25.3 Å². The van der Waals surface area contributed by atoms with E-state index in [2.05, 4.69) is 4.98 Å². The van der Waals surface area contributed by atoms with Crippen molar-refractivity contribution in [1.82, 2.24) is 4.98 Å². The first-order chi connectivity index (χ1) is 5.72. The van der Waals surface area contributed by atoms with Crippen molar-refractivity contribution >= 4 is 5.97 Å². The van der Waals surface area contributed by atoms with E-state index in [9.17, 15) is 9.90 Å². The summed E-state index contributed by atoms with van der Waals surface area (Å²) in [5.41, 5.74) is 0.811. The summed E-state index contributed by atoms with van der Waals surface area (Å²) in [5, 5.41) is 18.5. The Balaban J connectivity index is 0.00000144. The van der Waals surface area contributed by atoms with E-state index >= 15 is 0 Å². The van der Waals surface area contributed by atoms with Crippen LogP contribution in [0.25, 0.3) is 0 Å². The fourth-order valence-electron chi connectivity index (χ4n) is 0.743. The van der Waals surface area contributed by atoms with Gasteiger partial charge in [0.2, 0.25) is 0 Å². The van der Waals surface area contributed by atoms with Crippen LogP contribution in [-0.4, -0.2) is 11.0 Å². The Morgan fingerprint density at radius 3 is 2.69 bits per heavy atom. The molecule has 0 saturated heterocycles. The smallest absolute Gasteiger partial charge is 0.550 e. The number of carboxylic acids is 1. The number of aliphatic carboxylic acids is 1. The predicted octanol–water partition coefficient (Wildman–Crippen LogP) is -3.75. The SMILES string of the molecule is N#Cc1ccc(CC(=O)[O-])nc1.[Li+]. The molecule has 0 aliphatic rings. The minimum atomic E-state index is -1.17. The maximum atomic E-state index is 10.1. The van der Waals surface area contributed by atoms with Gasteiger partial charge in [-0.25, -0.2) is 0 Å². The van der Waals surface area contributed by atoms with Crippen molar-refractivity contribution in [3.8, 4) is 6.07 Å². The molecule has 13 heavy (non-hydrogen) atoms. The fraction of sp³-hybridized carbons (Fsp3) is 0.125. The third kappa shape index (κ3) is 3.75. The van der Waals surface area contributed by atoms with Gasteiger partial charge >= 0.3 is 18.9 Å². The van der Waals surface area contributed by atoms with Gasteiger partial charge in [-0.3, -0.25) is 4.98 Å². The van der Waals surface area contributed by atoms with Gasteiger partial charge in [0.1, 0.15) is 6.07 Å². The number of hydrogen-bond acceptors (Lipinski definition) is 4. The van der Waals surface area contributed by atoms with Crippen molar-refractivity contribution in [2.45, 2.75) is 6.42 Å². The molecule has 0 spiro atoms. The van der Waals surface area contributed by atoms with Crippen LogP contribution in [0.2, 0.25) is 0 Å². The molecule has 0 bridgehead atoms. The molecule has 0 unspecified atom stereocenters. The molecule has 0 saturated carbocycles. The number of hydrogen-bond donors (Lipinski definition) is 0. The summed E-state index contributed by atoms with van der Waals surface area (Å²) in [4.78, 5) is 13.9. The normalized spacial score (nSPS) is 8.23. The number of pyridine rings is 1. The number of rotatable bonds is 2. The fourth-order valence-corrected chi connectivity index (χ4v) is 0.743. The number of carbonyl (C=O) groups excluding carboxylic acids is 1. The predicted molar refractivity (Wildman–Crippen MR) is 37.7 cm³/mol. The minimum Gasteiger partial charge on any atom is -0.550 e. The van der Waals surface area contributed by atoms with Crippen molar-refractivity contribution in [3.63, 3.8) is 0 Å². The molecule has 1 heterocycles. The number of nitriles is 1. The summed E-state index contributed by atoms with van der Waals surface area (Å²) in [6.07, 6.45) is 1.12. The number of nitrogens with zero attached hydrogens (tertiary/aromatic N) is 2. The largest absolute Gasteiger partial charge is 1.00 e. The molecule has 0 amide bonds. The molecular formula is C8H5LiN2O2. The maximum Gasteiger partial charge on any atom is 1.00 e. The van der Waals surface area contributed by atoms with E-state index in [0.29, 0.717) is 11.3 Å². The molecule has 0 atom stereocenters. The standard InChI is InChI=1S/C8H6N2O2.Li/c9-4-6-1-2-7(10-5-6)3-8(11)12;/h1-2,5H,3H2,(H,11,12);/q;+1/p-1. The van der Waals surface area contributed by atoms with Crippen LogP contribution in [0.15, 0.2) is 18.3 Å². The van der Waals surface area contributed by atoms with Gasteiger partial charge in [0, 0.05) is 24.3 Å². The number of aromatic nitrogens is 1. The Hall–Kier alpha value is -1.29. The average molecular weight is 168 g/mol. The van der Waals surface area contributed by atoms with Crippen LogP contribution in [0.1, 0.15) is 11.3 Å². The molecule has 60 valence electrons. The van der Waals surface area contributed by atoms with Gasteiger partial charge in [-0.2, -0.15) is 5.26 Å². The molecule has 0 radical (unpaired) electrons. The summed E-state index contributed by atoms with van der Waals surface area (Å²) in [6, 6.07) is 4.90. The first kappa shape index (κ1) is 11.7. The van der Waals surface area contributed by atoms with E-state index < -0.39 is 5.97 Å². The van der Waals surface area contributed by atoms with Crippen LogP contribution in [-0.2, 0) is 11.2 Å². The molecule has 5 heteroatoms. The average Bonchev–Trinajstić information content (AvgIpc) is 2.05. The third-order valence-corrected chi connectivity index (χ3v) is 1.28. The van der Waals surface area contributed by atoms with E-state index in [1.54, 1.807) is 0 Å². The second kappa shape index (κ2) is 5.37. The van der Waals surface area contributed by atoms with Crippen LogP contribution >= 0.6 is 0 Å². The topological polar surface area (TPSA) is 76.8 Å². The molecule has 1 rings (SSSR count). The molecule has 0 aromatic carbocycles. The summed E-state index contributed by atoms with van der Waals surface area (Å²) in [6.45, 7) is 0. The zero-order chi connectivity index (χ0) is 8.97. The molecule has 4 nitrogen and oxygen atoms in total. The van der Waals surface area contributed by atoms with E-state index in [0.717, 1.165) is 0 Å². The molecular weight excluding hydrogens is 163 g/mol. The molecule has 1 aromatic heterocycles. The van der Waals surface area contributed by atoms with Crippen LogP contribution in [0.5, 0.6) is 0 Å². The maximum absolute atomic E-state index is 10.1. The Morgan fingerprint density at radius 1 is 1.62 bits per heavy atom. The van der Waals surface area contributed by atoms with Gasteiger partial charge in [-0.05, 0) is 12.1 Å². The van der Waals surface area contributed by atoms with Gasteiger partial charge in [0.15, 0.2) is 0 Å². The number of carbonyl (C=O) groups is 1. The van der Waals surface area contributed by atoms with E-state index in [4.69, 9.17) is 5.26 Å². The first-order valence-corrected chi connectivity index (χ1v) is 3.27. The van der Waals surface area contributed by atoms with E-state index in [1.165, 1.54) is 18.3 Å². The summed E-state index contributed by atoms with van der Waals surface area (Å²) in [7, 11) is 0.